The third kappa shape index (κ3) is 2.39. The zero-order valence-corrected chi connectivity index (χ0v) is 15.2. The summed E-state index contributed by atoms with van der Waals surface area (Å²) in [5.41, 5.74) is 6.66. The van der Waals surface area contributed by atoms with E-state index in [2.05, 4.69) is 88.4 Å². The number of para-hydroxylation sites is 2. The summed E-state index contributed by atoms with van der Waals surface area (Å²) in [6, 6.07) is 21.0. The SMILES string of the molecule is Cc1ccc(N(I)c2cccc3c2oc2ccccc23)c(C)c1. The van der Waals surface area contributed by atoms with Crippen LogP contribution in [0.1, 0.15) is 11.1 Å². The van der Waals surface area contributed by atoms with E-state index in [1.807, 2.05) is 12.1 Å². The van der Waals surface area contributed by atoms with Crippen LogP contribution in [0.25, 0.3) is 21.9 Å². The molecule has 0 aliphatic carbocycles. The van der Waals surface area contributed by atoms with E-state index in [1.54, 1.807) is 0 Å². The predicted molar refractivity (Wildman–Crippen MR) is 106 cm³/mol. The zero-order valence-electron chi connectivity index (χ0n) is 13.0. The predicted octanol–water partition coefficient (Wildman–Crippen LogP) is 6.69. The molecular formula is C20H16INO. The van der Waals surface area contributed by atoms with E-state index in [9.17, 15) is 0 Å². The number of rotatable bonds is 2. The Kier molecular flexibility index (Phi) is 3.53. The van der Waals surface area contributed by atoms with Crippen LogP contribution >= 0.6 is 22.9 Å². The van der Waals surface area contributed by atoms with Gasteiger partial charge in [-0.3, -0.25) is 3.11 Å². The molecule has 0 bridgehead atoms. The standard InChI is InChI=1S/C20H16INO/c1-13-10-11-17(14(2)12-13)22(21)18-8-5-7-16-15-6-3-4-9-19(15)23-20(16)18/h3-12H,1-2H3. The summed E-state index contributed by atoms with van der Waals surface area (Å²) in [6.45, 7) is 4.26. The van der Waals surface area contributed by atoms with Gasteiger partial charge in [-0.1, -0.05) is 48.0 Å². The van der Waals surface area contributed by atoms with Crippen molar-refractivity contribution >= 4 is 56.2 Å². The molecular weight excluding hydrogens is 397 g/mol. The molecule has 0 aliphatic rings. The van der Waals surface area contributed by atoms with Gasteiger partial charge in [-0.15, -0.1) is 0 Å². The van der Waals surface area contributed by atoms with Gasteiger partial charge in [0.15, 0.2) is 5.58 Å². The van der Waals surface area contributed by atoms with Crippen molar-refractivity contribution in [2.75, 3.05) is 3.11 Å². The maximum absolute atomic E-state index is 6.14. The lowest BCUT2D eigenvalue weighted by Gasteiger charge is -2.19. The molecule has 0 amide bonds. The van der Waals surface area contributed by atoms with Crippen LogP contribution in [0.4, 0.5) is 11.4 Å². The Morgan fingerprint density at radius 2 is 1.61 bits per heavy atom. The highest BCUT2D eigenvalue weighted by Gasteiger charge is 2.16. The molecule has 0 fully saturated rings. The number of aryl methyl sites for hydroxylation is 2. The molecule has 0 radical (unpaired) electrons. The van der Waals surface area contributed by atoms with Gasteiger partial charge in [-0.2, -0.15) is 0 Å². The van der Waals surface area contributed by atoms with Crippen molar-refractivity contribution in [3.63, 3.8) is 0 Å². The van der Waals surface area contributed by atoms with Crippen LogP contribution in [0.2, 0.25) is 0 Å². The van der Waals surface area contributed by atoms with E-state index < -0.39 is 0 Å². The third-order valence-corrected chi connectivity index (χ3v) is 5.20. The molecule has 4 aromatic rings. The number of hydrogen-bond acceptors (Lipinski definition) is 2. The molecule has 0 unspecified atom stereocenters. The number of nitrogens with zero attached hydrogens (tertiary/aromatic N) is 1. The van der Waals surface area contributed by atoms with Crippen molar-refractivity contribution in [2.45, 2.75) is 13.8 Å². The van der Waals surface area contributed by atoms with Crippen LogP contribution < -0.4 is 3.11 Å². The fourth-order valence-corrected chi connectivity index (χ4v) is 3.96. The van der Waals surface area contributed by atoms with Crippen LogP contribution in [-0.2, 0) is 0 Å². The Hall–Kier alpha value is -2.01. The molecule has 0 saturated carbocycles. The number of fused-ring (bicyclic) bond motifs is 3. The Morgan fingerprint density at radius 3 is 2.43 bits per heavy atom. The normalized spacial score (nSPS) is 11.3. The highest BCUT2D eigenvalue weighted by molar-refractivity contribution is 14.1. The molecule has 0 saturated heterocycles. The minimum atomic E-state index is 0.931. The second-order valence-corrected chi connectivity index (χ2v) is 6.79. The smallest absolute Gasteiger partial charge is 0.159 e. The molecule has 1 heterocycles. The molecule has 2 nitrogen and oxygen atoms in total. The summed E-state index contributed by atoms with van der Waals surface area (Å²) < 4.78 is 8.32. The lowest BCUT2D eigenvalue weighted by Crippen LogP contribution is -2.03. The number of anilines is 2. The second kappa shape index (κ2) is 5.57. The Balaban J connectivity index is 1.94. The van der Waals surface area contributed by atoms with Gasteiger partial charge in [-0.25, -0.2) is 0 Å². The third-order valence-electron chi connectivity index (χ3n) is 4.16. The highest BCUT2D eigenvalue weighted by atomic mass is 127. The quantitative estimate of drug-likeness (QED) is 0.269. The molecule has 114 valence electrons. The Labute approximate surface area is 149 Å². The van der Waals surface area contributed by atoms with Crippen molar-refractivity contribution in [1.82, 2.24) is 0 Å². The topological polar surface area (TPSA) is 16.4 Å². The molecule has 1 aromatic heterocycles. The highest BCUT2D eigenvalue weighted by Crippen LogP contribution is 2.40. The molecule has 0 atom stereocenters. The minimum Gasteiger partial charge on any atom is -0.454 e. The van der Waals surface area contributed by atoms with E-state index in [4.69, 9.17) is 4.42 Å². The van der Waals surface area contributed by atoms with Gasteiger partial charge in [0.05, 0.1) is 34.2 Å². The number of hydrogen-bond donors (Lipinski definition) is 0. The first kappa shape index (κ1) is 14.6. The first-order valence-electron chi connectivity index (χ1n) is 7.58. The summed E-state index contributed by atoms with van der Waals surface area (Å²) >= 11 is 2.36. The van der Waals surface area contributed by atoms with Crippen LogP contribution in [-0.4, -0.2) is 0 Å². The maximum Gasteiger partial charge on any atom is 0.159 e. The van der Waals surface area contributed by atoms with Crippen LogP contribution in [0, 0.1) is 13.8 Å². The summed E-state index contributed by atoms with van der Waals surface area (Å²) in [5, 5.41) is 2.32. The first-order valence-corrected chi connectivity index (χ1v) is 8.55. The fraction of sp³-hybridized carbons (Fsp3) is 0.100. The monoisotopic (exact) mass is 413 g/mol. The average molecular weight is 413 g/mol. The zero-order chi connectivity index (χ0) is 16.0. The average Bonchev–Trinajstić information content (AvgIpc) is 2.93. The van der Waals surface area contributed by atoms with E-state index in [1.165, 1.54) is 16.8 Å². The Morgan fingerprint density at radius 1 is 0.826 bits per heavy atom. The number of benzene rings is 3. The van der Waals surface area contributed by atoms with E-state index in [0.29, 0.717) is 0 Å². The second-order valence-electron chi connectivity index (χ2n) is 5.82. The van der Waals surface area contributed by atoms with Gasteiger partial charge in [0.1, 0.15) is 5.58 Å². The van der Waals surface area contributed by atoms with Crippen molar-refractivity contribution in [3.8, 4) is 0 Å². The minimum absolute atomic E-state index is 0.931. The largest absolute Gasteiger partial charge is 0.454 e. The lowest BCUT2D eigenvalue weighted by molar-refractivity contribution is 0.670. The number of furan rings is 1. The van der Waals surface area contributed by atoms with Crippen molar-refractivity contribution in [3.05, 3.63) is 71.8 Å². The molecule has 23 heavy (non-hydrogen) atoms. The summed E-state index contributed by atoms with van der Waals surface area (Å²) in [6.07, 6.45) is 0. The molecule has 4 rings (SSSR count). The van der Waals surface area contributed by atoms with Crippen LogP contribution in [0.3, 0.4) is 0 Å². The van der Waals surface area contributed by atoms with Gasteiger partial charge in [0.25, 0.3) is 0 Å². The van der Waals surface area contributed by atoms with Crippen molar-refractivity contribution < 1.29 is 4.42 Å². The summed E-state index contributed by atoms with van der Waals surface area (Å²) in [4.78, 5) is 0. The molecule has 0 N–H and O–H groups in total. The van der Waals surface area contributed by atoms with Crippen LogP contribution in [0.5, 0.6) is 0 Å². The maximum atomic E-state index is 6.14. The van der Waals surface area contributed by atoms with Crippen molar-refractivity contribution in [2.24, 2.45) is 0 Å². The van der Waals surface area contributed by atoms with Gasteiger partial charge in [-0.05, 0) is 37.6 Å². The summed E-state index contributed by atoms with van der Waals surface area (Å²) in [7, 11) is 0. The fourth-order valence-electron chi connectivity index (χ4n) is 3.04. The van der Waals surface area contributed by atoms with Crippen molar-refractivity contribution in [1.29, 1.82) is 0 Å². The van der Waals surface area contributed by atoms with Crippen LogP contribution in [0.15, 0.2) is 65.1 Å². The van der Waals surface area contributed by atoms with Gasteiger partial charge in [0, 0.05) is 10.8 Å². The first-order chi connectivity index (χ1) is 11.1. The van der Waals surface area contributed by atoms with E-state index >= 15 is 0 Å². The molecule has 3 heteroatoms. The van der Waals surface area contributed by atoms with Gasteiger partial charge in [0.2, 0.25) is 0 Å². The summed E-state index contributed by atoms with van der Waals surface area (Å²) in [5.74, 6) is 0. The lowest BCUT2D eigenvalue weighted by atomic mass is 10.1. The number of halogens is 1. The van der Waals surface area contributed by atoms with E-state index in [-0.39, 0.29) is 0 Å². The molecule has 0 aliphatic heterocycles. The Bertz CT molecular complexity index is 1020. The van der Waals surface area contributed by atoms with Gasteiger partial charge < -0.3 is 4.42 Å². The molecule has 0 spiro atoms. The molecule has 3 aromatic carbocycles. The van der Waals surface area contributed by atoms with Gasteiger partial charge >= 0.3 is 0 Å². The van der Waals surface area contributed by atoms with E-state index in [0.717, 1.165) is 27.6 Å².